The van der Waals surface area contributed by atoms with E-state index in [9.17, 15) is 0 Å². The second-order valence-corrected chi connectivity index (χ2v) is 5.31. The third-order valence-corrected chi connectivity index (χ3v) is 4.84. The van der Waals surface area contributed by atoms with E-state index in [0.29, 0.717) is 5.92 Å². The predicted molar refractivity (Wildman–Crippen MR) is 67.3 cm³/mol. The largest absolute Gasteiger partial charge is 0.176 e. The van der Waals surface area contributed by atoms with Crippen LogP contribution in [0.5, 0.6) is 0 Å². The maximum Gasteiger partial charge on any atom is 0.0206 e. The molecule has 16 heavy (non-hydrogen) atoms. The smallest absolute Gasteiger partial charge is 0.0206 e. The summed E-state index contributed by atoms with van der Waals surface area (Å²) in [6.45, 7) is 6.81. The van der Waals surface area contributed by atoms with Gasteiger partial charge in [0.05, 0.1) is 0 Å². The summed E-state index contributed by atoms with van der Waals surface area (Å²) < 4.78 is 1.31. The molecule has 1 unspecified atom stereocenters. The van der Waals surface area contributed by atoms with Crippen molar-refractivity contribution < 1.29 is 21.7 Å². The number of rotatable bonds is 0. The second-order valence-electron chi connectivity index (χ2n) is 4.29. The molecule has 1 aromatic carbocycles. The van der Waals surface area contributed by atoms with Gasteiger partial charge in [0.2, 0.25) is 0 Å². The zero-order valence-corrected chi connectivity index (χ0v) is 12.1. The number of fused-ring (bicyclic) bond motifs is 3. The van der Waals surface area contributed by atoms with E-state index in [-0.39, 0.29) is 21.7 Å². The zero-order chi connectivity index (χ0) is 10.6. The van der Waals surface area contributed by atoms with E-state index in [1.165, 1.54) is 31.7 Å². The van der Waals surface area contributed by atoms with Gasteiger partial charge in [0.25, 0.3) is 0 Å². The first-order valence-corrected chi connectivity index (χ1v) is 6.12. The quantitative estimate of drug-likeness (QED) is 0.480. The summed E-state index contributed by atoms with van der Waals surface area (Å²) in [5.74, 6) is 0.588. The van der Waals surface area contributed by atoms with Crippen molar-refractivity contribution in [1.82, 2.24) is 0 Å². The number of thiophene rings is 1. The van der Waals surface area contributed by atoms with Crippen LogP contribution in [0.2, 0.25) is 0 Å². The summed E-state index contributed by atoms with van der Waals surface area (Å²) in [7, 11) is 0. The van der Waals surface area contributed by atoms with E-state index in [4.69, 9.17) is 0 Å². The molecule has 2 aromatic rings. The first-order valence-electron chi connectivity index (χ1n) is 5.31. The minimum Gasteiger partial charge on any atom is -0.176 e. The summed E-state index contributed by atoms with van der Waals surface area (Å²) in [6.07, 6.45) is 0. The van der Waals surface area contributed by atoms with Crippen molar-refractivity contribution in [2.24, 2.45) is 0 Å². The van der Waals surface area contributed by atoms with Gasteiger partial charge in [0, 0.05) is 26.6 Å². The van der Waals surface area contributed by atoms with Crippen molar-refractivity contribution in [2.75, 3.05) is 0 Å². The van der Waals surface area contributed by atoms with Gasteiger partial charge >= 0.3 is 0 Å². The molecular weight excluding hydrogens is 248 g/mol. The predicted octanol–water partition coefficient (Wildman–Crippen LogP) is 4.61. The van der Waals surface area contributed by atoms with Crippen LogP contribution >= 0.6 is 11.3 Å². The molecule has 0 saturated carbocycles. The van der Waals surface area contributed by atoms with Crippen LogP contribution in [-0.2, 0) is 21.7 Å². The molecule has 0 amide bonds. The molecule has 0 radical (unpaired) electrons. The van der Waals surface area contributed by atoms with Crippen LogP contribution in [0.3, 0.4) is 0 Å². The molecule has 1 atom stereocenters. The van der Waals surface area contributed by atoms with Gasteiger partial charge in [-0.05, 0) is 25.3 Å². The molecular formula is C14H13STi-. The molecule has 3 rings (SSSR count). The van der Waals surface area contributed by atoms with E-state index >= 15 is 0 Å². The Morgan fingerprint density at radius 1 is 1.31 bits per heavy atom. The van der Waals surface area contributed by atoms with Gasteiger partial charge in [0.1, 0.15) is 0 Å². The molecule has 2 heteroatoms. The molecule has 80 valence electrons. The molecule has 1 aromatic heterocycles. The van der Waals surface area contributed by atoms with Crippen molar-refractivity contribution in [2.45, 2.75) is 26.7 Å². The summed E-state index contributed by atoms with van der Waals surface area (Å²) in [6, 6.07) is 9.65. The molecule has 0 spiro atoms. The second kappa shape index (κ2) is 4.14. The monoisotopic (exact) mass is 261 g/mol. The third-order valence-electron chi connectivity index (χ3n) is 3.57. The van der Waals surface area contributed by atoms with Gasteiger partial charge in [-0.2, -0.15) is 35.6 Å². The fraction of sp³-hybridized carbons (Fsp3) is 0.286. The normalized spacial score (nSPS) is 18.8. The van der Waals surface area contributed by atoms with E-state index < -0.39 is 0 Å². The minimum atomic E-state index is 0. The van der Waals surface area contributed by atoms with Gasteiger partial charge < -0.3 is 0 Å². The average molecular weight is 261 g/mol. The maximum absolute atomic E-state index is 3.33. The Morgan fingerprint density at radius 3 is 2.81 bits per heavy atom. The van der Waals surface area contributed by atoms with E-state index in [1.807, 2.05) is 17.4 Å². The van der Waals surface area contributed by atoms with Gasteiger partial charge in [-0.15, -0.1) is 5.39 Å². The van der Waals surface area contributed by atoms with Crippen molar-refractivity contribution in [3.05, 3.63) is 40.3 Å². The molecule has 0 saturated heterocycles. The van der Waals surface area contributed by atoms with E-state index in [1.54, 1.807) is 0 Å². The van der Waals surface area contributed by atoms with Crippen molar-refractivity contribution in [1.29, 1.82) is 0 Å². The molecule has 0 nitrogen and oxygen atoms in total. The van der Waals surface area contributed by atoms with Crippen LogP contribution < -0.4 is 0 Å². The Labute approximate surface area is 115 Å². The van der Waals surface area contributed by atoms with Gasteiger partial charge in [-0.3, -0.25) is 0 Å². The van der Waals surface area contributed by atoms with Crippen molar-refractivity contribution in [3.63, 3.8) is 0 Å². The SMILES string of the molecule is CC1=C(C)C(C)c2c1sc1[c-]cccc21.[Ti]. The Bertz CT molecular complexity index is 577. The Hall–Kier alpha value is -0.366. The topological polar surface area (TPSA) is 0 Å². The molecule has 0 aliphatic heterocycles. The number of hydrogen-bond donors (Lipinski definition) is 0. The summed E-state index contributed by atoms with van der Waals surface area (Å²) in [5, 5.41) is 1.40. The van der Waals surface area contributed by atoms with Gasteiger partial charge in [0.15, 0.2) is 0 Å². The van der Waals surface area contributed by atoms with Crippen LogP contribution in [0, 0.1) is 6.07 Å². The summed E-state index contributed by atoms with van der Waals surface area (Å²) in [4.78, 5) is 1.48. The minimum absolute atomic E-state index is 0. The average Bonchev–Trinajstić information content (AvgIpc) is 2.72. The van der Waals surface area contributed by atoms with Crippen LogP contribution in [0.25, 0.3) is 15.7 Å². The van der Waals surface area contributed by atoms with Gasteiger partial charge in [-0.1, -0.05) is 22.8 Å². The summed E-state index contributed by atoms with van der Waals surface area (Å²) in [5.41, 5.74) is 4.54. The fourth-order valence-corrected chi connectivity index (χ4v) is 3.76. The molecule has 0 fully saturated rings. The molecule has 0 N–H and O–H groups in total. The Balaban J connectivity index is 0.000000963. The summed E-state index contributed by atoms with van der Waals surface area (Å²) >= 11 is 1.89. The zero-order valence-electron chi connectivity index (χ0n) is 9.72. The fourth-order valence-electron chi connectivity index (χ4n) is 2.43. The van der Waals surface area contributed by atoms with Gasteiger partial charge in [-0.25, -0.2) is 0 Å². The Morgan fingerprint density at radius 2 is 2.06 bits per heavy atom. The molecule has 1 aliphatic carbocycles. The van der Waals surface area contributed by atoms with Crippen molar-refractivity contribution >= 4 is 27.0 Å². The van der Waals surface area contributed by atoms with E-state index in [2.05, 4.69) is 39.0 Å². The standard InChI is InChI=1S/C14H13S.Ti/c1-8-9(2)13-11-6-4-5-7-12(11)15-14(13)10(8)3;/h4-6,9H,1-3H3;/q-1;. The number of benzene rings is 1. The van der Waals surface area contributed by atoms with Crippen LogP contribution in [0.1, 0.15) is 37.1 Å². The van der Waals surface area contributed by atoms with Crippen LogP contribution in [0.15, 0.2) is 23.8 Å². The third kappa shape index (κ3) is 1.46. The van der Waals surface area contributed by atoms with Crippen LogP contribution in [0.4, 0.5) is 0 Å². The van der Waals surface area contributed by atoms with E-state index in [0.717, 1.165) is 0 Å². The Kier molecular flexibility index (Phi) is 3.13. The first-order chi connectivity index (χ1) is 7.20. The number of hydrogen-bond acceptors (Lipinski definition) is 1. The maximum atomic E-state index is 3.33. The number of allylic oxidation sites excluding steroid dienone is 2. The molecule has 0 bridgehead atoms. The van der Waals surface area contributed by atoms with Crippen molar-refractivity contribution in [3.8, 4) is 0 Å². The van der Waals surface area contributed by atoms with Crippen LogP contribution in [-0.4, -0.2) is 0 Å². The molecule has 1 heterocycles. The molecule has 1 aliphatic rings. The first kappa shape index (κ1) is 12.1.